The summed E-state index contributed by atoms with van der Waals surface area (Å²) in [5.74, 6) is -0.973. The number of rotatable bonds is 8. The first-order valence-corrected chi connectivity index (χ1v) is 8.04. The number of ketones is 1. The van der Waals surface area contributed by atoms with E-state index in [0.29, 0.717) is 19.3 Å². The van der Waals surface area contributed by atoms with Gasteiger partial charge in [-0.25, -0.2) is 4.79 Å². The maximum atomic E-state index is 12.2. The Morgan fingerprint density at radius 1 is 1.36 bits per heavy atom. The molecule has 0 aliphatic heterocycles. The van der Waals surface area contributed by atoms with E-state index in [4.69, 9.17) is 0 Å². The largest absolute Gasteiger partial charge is 0.480 e. The highest BCUT2D eigenvalue weighted by Gasteiger charge is 2.34. The topological polar surface area (TPSA) is 83.5 Å². The lowest BCUT2D eigenvalue weighted by Gasteiger charge is -2.22. The van der Waals surface area contributed by atoms with Crippen LogP contribution in [0.15, 0.2) is 12.2 Å². The Bertz CT molecular complexity index is 444. The minimum atomic E-state index is -1.00. The van der Waals surface area contributed by atoms with E-state index < -0.39 is 12.0 Å². The van der Waals surface area contributed by atoms with Gasteiger partial charge in [-0.1, -0.05) is 32.4 Å². The highest BCUT2D eigenvalue weighted by molar-refractivity contribution is 5.86. The molecule has 4 atom stereocenters. The fourth-order valence-electron chi connectivity index (χ4n) is 2.98. The summed E-state index contributed by atoms with van der Waals surface area (Å²) >= 11 is 0. The monoisotopic (exact) mass is 309 g/mol. The molecule has 0 aromatic carbocycles. The first-order valence-electron chi connectivity index (χ1n) is 8.04. The second-order valence-corrected chi connectivity index (χ2v) is 6.24. The highest BCUT2D eigenvalue weighted by atomic mass is 16.4. The molecular formula is C17H27NO4. The van der Waals surface area contributed by atoms with E-state index in [1.807, 2.05) is 32.9 Å². The number of nitrogens with one attached hydrogen (secondary N) is 1. The van der Waals surface area contributed by atoms with Crippen LogP contribution in [0.2, 0.25) is 0 Å². The van der Waals surface area contributed by atoms with Gasteiger partial charge >= 0.3 is 5.97 Å². The molecule has 1 aliphatic carbocycles. The van der Waals surface area contributed by atoms with Crippen molar-refractivity contribution in [2.24, 2.45) is 17.8 Å². The van der Waals surface area contributed by atoms with E-state index in [1.165, 1.54) is 0 Å². The number of Topliss-reactive ketones (excluding diaryl/α,β-unsaturated/α-hetero) is 1. The van der Waals surface area contributed by atoms with Crippen molar-refractivity contribution < 1.29 is 19.5 Å². The van der Waals surface area contributed by atoms with Gasteiger partial charge in [0.2, 0.25) is 5.91 Å². The van der Waals surface area contributed by atoms with Gasteiger partial charge in [-0.05, 0) is 31.1 Å². The number of hydrogen-bond acceptors (Lipinski definition) is 3. The molecule has 2 unspecified atom stereocenters. The molecule has 1 saturated carbocycles. The first kappa shape index (κ1) is 18.4. The van der Waals surface area contributed by atoms with Gasteiger partial charge in [0.15, 0.2) is 0 Å². The number of carbonyl (C=O) groups is 3. The van der Waals surface area contributed by atoms with Gasteiger partial charge in [0.25, 0.3) is 0 Å². The van der Waals surface area contributed by atoms with Crippen molar-refractivity contribution in [3.05, 3.63) is 12.2 Å². The maximum absolute atomic E-state index is 12.2. The van der Waals surface area contributed by atoms with Crippen molar-refractivity contribution in [3.63, 3.8) is 0 Å². The van der Waals surface area contributed by atoms with Gasteiger partial charge in [0, 0.05) is 19.3 Å². The molecule has 1 amide bonds. The molecule has 1 aliphatic rings. The average molecular weight is 309 g/mol. The third-order valence-corrected chi connectivity index (χ3v) is 4.56. The van der Waals surface area contributed by atoms with Crippen molar-refractivity contribution in [2.75, 3.05) is 0 Å². The fourth-order valence-corrected chi connectivity index (χ4v) is 2.98. The lowest BCUT2D eigenvalue weighted by atomic mass is 9.89. The number of hydrogen-bond donors (Lipinski definition) is 2. The van der Waals surface area contributed by atoms with Crippen LogP contribution in [0.3, 0.4) is 0 Å². The molecule has 5 nitrogen and oxygen atoms in total. The smallest absolute Gasteiger partial charge is 0.326 e. The molecule has 0 spiro atoms. The summed E-state index contributed by atoms with van der Waals surface area (Å²) in [4.78, 5) is 35.1. The van der Waals surface area contributed by atoms with Crippen molar-refractivity contribution >= 4 is 17.7 Å². The maximum Gasteiger partial charge on any atom is 0.326 e. The fraction of sp³-hybridized carbons (Fsp3) is 0.706. The van der Waals surface area contributed by atoms with Gasteiger partial charge < -0.3 is 10.4 Å². The Morgan fingerprint density at radius 3 is 2.55 bits per heavy atom. The van der Waals surface area contributed by atoms with Crippen molar-refractivity contribution in [3.8, 4) is 0 Å². The molecule has 0 heterocycles. The molecule has 22 heavy (non-hydrogen) atoms. The number of carboxylic acid groups (broad SMARTS) is 1. The zero-order valence-corrected chi connectivity index (χ0v) is 13.7. The van der Waals surface area contributed by atoms with E-state index in [9.17, 15) is 19.5 Å². The van der Waals surface area contributed by atoms with Crippen molar-refractivity contribution in [1.82, 2.24) is 5.32 Å². The second-order valence-electron chi connectivity index (χ2n) is 6.24. The van der Waals surface area contributed by atoms with E-state index in [2.05, 4.69) is 5.32 Å². The zero-order chi connectivity index (χ0) is 16.7. The second kappa shape index (κ2) is 8.71. The Kier molecular flexibility index (Phi) is 7.28. The Balaban J connectivity index is 2.62. The van der Waals surface area contributed by atoms with E-state index in [0.717, 1.165) is 6.42 Å². The SMILES string of the molecule is CC=CCC1CC(=O)CC1CC(=O)N[C@H](C(=O)O)[C@@H](C)CC. The lowest BCUT2D eigenvalue weighted by Crippen LogP contribution is -2.45. The molecule has 0 saturated heterocycles. The quantitative estimate of drug-likeness (QED) is 0.675. The normalized spacial score (nSPS) is 24.4. The summed E-state index contributed by atoms with van der Waals surface area (Å²) in [5.41, 5.74) is 0. The standard InChI is InChI=1S/C17H27NO4/c1-4-6-7-12-8-14(19)9-13(12)10-15(20)18-16(17(21)22)11(3)5-2/h4,6,11-13,16H,5,7-10H2,1-3H3,(H,18,20)(H,21,22)/t11-,12?,13?,16-/m0/s1. The summed E-state index contributed by atoms with van der Waals surface area (Å²) in [5, 5.41) is 11.8. The van der Waals surface area contributed by atoms with Gasteiger partial charge in [-0.2, -0.15) is 0 Å². The lowest BCUT2D eigenvalue weighted by molar-refractivity contribution is -0.143. The minimum Gasteiger partial charge on any atom is -0.480 e. The van der Waals surface area contributed by atoms with Crippen LogP contribution in [0.1, 0.15) is 52.9 Å². The summed E-state index contributed by atoms with van der Waals surface area (Å²) in [6.07, 6.45) is 6.63. The molecule has 0 bridgehead atoms. The third kappa shape index (κ3) is 5.28. The zero-order valence-electron chi connectivity index (χ0n) is 13.7. The van der Waals surface area contributed by atoms with E-state index in [1.54, 1.807) is 0 Å². The van der Waals surface area contributed by atoms with Crippen LogP contribution >= 0.6 is 0 Å². The van der Waals surface area contributed by atoms with Crippen LogP contribution < -0.4 is 5.32 Å². The van der Waals surface area contributed by atoms with Crippen LogP contribution in [0, 0.1) is 17.8 Å². The van der Waals surface area contributed by atoms with Crippen LogP contribution in [0.25, 0.3) is 0 Å². The number of amides is 1. The number of carboxylic acids is 1. The predicted molar refractivity (Wildman–Crippen MR) is 84.3 cm³/mol. The Morgan fingerprint density at radius 2 is 2.00 bits per heavy atom. The molecule has 0 radical (unpaired) electrons. The summed E-state index contributed by atoms with van der Waals surface area (Å²) in [7, 11) is 0. The Hall–Kier alpha value is -1.65. The molecular weight excluding hydrogens is 282 g/mol. The van der Waals surface area contributed by atoms with E-state index >= 15 is 0 Å². The average Bonchev–Trinajstić information content (AvgIpc) is 2.81. The van der Waals surface area contributed by atoms with Crippen LogP contribution in [0.4, 0.5) is 0 Å². The first-order chi connectivity index (χ1) is 10.4. The van der Waals surface area contributed by atoms with Crippen molar-refractivity contribution in [1.29, 1.82) is 0 Å². The van der Waals surface area contributed by atoms with Gasteiger partial charge in [-0.3, -0.25) is 9.59 Å². The molecule has 2 N–H and O–H groups in total. The molecule has 1 fully saturated rings. The van der Waals surface area contributed by atoms with Crippen molar-refractivity contribution in [2.45, 2.75) is 58.9 Å². The summed E-state index contributed by atoms with van der Waals surface area (Å²) in [6, 6.07) is -0.858. The van der Waals surface area contributed by atoms with Gasteiger partial charge in [0.05, 0.1) is 0 Å². The minimum absolute atomic E-state index is 0.0232. The third-order valence-electron chi connectivity index (χ3n) is 4.56. The van der Waals surface area contributed by atoms with Crippen LogP contribution in [-0.2, 0) is 14.4 Å². The molecule has 0 aromatic heterocycles. The summed E-state index contributed by atoms with van der Waals surface area (Å²) < 4.78 is 0. The Labute approximate surface area is 132 Å². The highest BCUT2D eigenvalue weighted by Crippen LogP contribution is 2.34. The molecule has 124 valence electrons. The number of carbonyl (C=O) groups excluding carboxylic acids is 2. The van der Waals surface area contributed by atoms with Gasteiger partial charge in [-0.15, -0.1) is 0 Å². The molecule has 0 aromatic rings. The van der Waals surface area contributed by atoms with Gasteiger partial charge in [0.1, 0.15) is 11.8 Å². The predicted octanol–water partition coefficient (Wildman–Crippen LogP) is 2.55. The number of aliphatic carboxylic acids is 1. The van der Waals surface area contributed by atoms with E-state index in [-0.39, 0.29) is 35.9 Å². The number of allylic oxidation sites excluding steroid dienone is 2. The molecule has 5 heteroatoms. The van der Waals surface area contributed by atoms with Crippen LogP contribution in [0.5, 0.6) is 0 Å². The molecule has 1 rings (SSSR count). The summed E-state index contributed by atoms with van der Waals surface area (Å²) in [6.45, 7) is 5.64. The van der Waals surface area contributed by atoms with Crippen LogP contribution in [-0.4, -0.2) is 28.8 Å².